The van der Waals surface area contributed by atoms with Crippen molar-refractivity contribution in [3.63, 3.8) is 0 Å². The van der Waals surface area contributed by atoms with Crippen LogP contribution in [0.5, 0.6) is 0 Å². The predicted octanol–water partition coefficient (Wildman–Crippen LogP) is 18.2. The number of ketones is 3. The summed E-state index contributed by atoms with van der Waals surface area (Å²) in [6, 6.07) is 5.97. The molecule has 94 heavy (non-hydrogen) atoms. The van der Waals surface area contributed by atoms with Crippen LogP contribution in [0.15, 0.2) is 92.8 Å². The Morgan fingerprint density at radius 3 is 1.69 bits per heavy atom. The third kappa shape index (κ3) is 15.0. The highest BCUT2D eigenvalue weighted by molar-refractivity contribution is 5.88. The lowest BCUT2D eigenvalue weighted by Gasteiger charge is -2.62. The van der Waals surface area contributed by atoms with E-state index in [4.69, 9.17) is 18.0 Å². The van der Waals surface area contributed by atoms with Crippen molar-refractivity contribution in [3.05, 3.63) is 96.3 Å². The molecule has 8 aliphatic carbocycles. The van der Waals surface area contributed by atoms with Gasteiger partial charge in [-0.25, -0.2) is 0 Å². The van der Waals surface area contributed by atoms with Gasteiger partial charge in [0.25, 0.3) is 0 Å². The van der Waals surface area contributed by atoms with Crippen LogP contribution in [0, 0.1) is 90.7 Å². The van der Waals surface area contributed by atoms with Gasteiger partial charge >= 0.3 is 5.97 Å². The number of aryl methyl sites for hydroxylation is 3. The Labute approximate surface area is 566 Å². The Hall–Kier alpha value is -4.36. The zero-order valence-corrected chi connectivity index (χ0v) is 61.6. The van der Waals surface area contributed by atoms with Crippen LogP contribution in [-0.4, -0.2) is 72.8 Å². The number of carbonyl (C=O) groups is 4. The van der Waals surface area contributed by atoms with Crippen LogP contribution in [0.4, 0.5) is 0 Å². The number of rotatable bonds is 14. The summed E-state index contributed by atoms with van der Waals surface area (Å²) in [5, 5.41) is 43.8. The molecule has 526 valence electrons. The molecule has 3 heterocycles. The van der Waals surface area contributed by atoms with E-state index >= 15 is 0 Å². The number of allylic oxidation sites excluding steroid dienone is 1. The van der Waals surface area contributed by atoms with Crippen LogP contribution >= 0.6 is 0 Å². The van der Waals surface area contributed by atoms with Crippen molar-refractivity contribution in [2.75, 3.05) is 0 Å². The van der Waals surface area contributed by atoms with E-state index in [0.717, 1.165) is 108 Å². The Balaban J connectivity index is 0.000000161. The maximum Gasteiger partial charge on any atom is 0.302 e. The number of aliphatic hydroxyl groups is 4. The topological polar surface area (TPSA) is 198 Å². The van der Waals surface area contributed by atoms with Crippen LogP contribution in [-0.2, 0) is 43.2 Å². The minimum Gasteiger partial charge on any atom is -0.472 e. The van der Waals surface area contributed by atoms with E-state index in [9.17, 15) is 39.6 Å². The van der Waals surface area contributed by atoms with Crippen LogP contribution in [0.2, 0.25) is 0 Å². The van der Waals surface area contributed by atoms with Crippen LogP contribution < -0.4 is 0 Å². The number of hydrogen-bond donors (Lipinski definition) is 4. The number of Topliss-reactive ketones (excluding diaryl/α,β-unsaturated/α-hetero) is 3. The van der Waals surface area contributed by atoms with Gasteiger partial charge in [0.15, 0.2) is 5.78 Å². The van der Waals surface area contributed by atoms with Crippen molar-refractivity contribution >= 4 is 23.3 Å². The summed E-state index contributed by atoms with van der Waals surface area (Å²) in [5.41, 5.74) is 3.51. The fourth-order valence-electron chi connectivity index (χ4n) is 23.2. The molecule has 3 aromatic heterocycles. The van der Waals surface area contributed by atoms with Crippen molar-refractivity contribution in [1.82, 2.24) is 0 Å². The Morgan fingerprint density at radius 2 is 1.15 bits per heavy atom. The highest BCUT2D eigenvalue weighted by atomic mass is 16.5. The van der Waals surface area contributed by atoms with Gasteiger partial charge in [0.05, 0.1) is 54.4 Å². The molecule has 0 saturated heterocycles. The van der Waals surface area contributed by atoms with Crippen molar-refractivity contribution in [3.8, 4) is 0 Å². The van der Waals surface area contributed by atoms with Gasteiger partial charge in [-0.05, 0) is 220 Å². The number of ether oxygens (including phenoxy) is 1. The summed E-state index contributed by atoms with van der Waals surface area (Å²) in [6.07, 6.45) is 32.9. The maximum absolute atomic E-state index is 12.9. The first-order valence-corrected chi connectivity index (χ1v) is 36.5. The van der Waals surface area contributed by atoms with Gasteiger partial charge in [0.2, 0.25) is 0 Å². The summed E-state index contributed by atoms with van der Waals surface area (Å²) >= 11 is 0. The third-order valence-corrected chi connectivity index (χ3v) is 27.2. The third-order valence-electron chi connectivity index (χ3n) is 27.2. The average molecular weight is 1300 g/mol. The minimum absolute atomic E-state index is 0.00121. The molecule has 4 N–H and O–H groups in total. The molecule has 0 bridgehead atoms. The molecule has 7 saturated carbocycles. The smallest absolute Gasteiger partial charge is 0.302 e. The highest BCUT2D eigenvalue weighted by Gasteiger charge is 2.65. The molecule has 0 spiro atoms. The van der Waals surface area contributed by atoms with E-state index in [2.05, 4.69) is 110 Å². The standard InChI is InChI=1S/C22H36O3.3C20H30O3/c1-8-21(6,24)13-10-17-15(2)14-18(25-16(3)23)19-20(4,5)11-9-12-22(17,19)7;1-14-12-16(21)17-18(2,3)8-5-9-19(17,4)20(14,22)10-6-15-7-11-23-13-15;1-18(2)9-5-10-19(3)16(7-6-14-8-11-23-13-14)20(4,22)12-15(21)17(18)19;1-13-15(7-6-14-8-11-23-12-14)20(4)10-5-9-19(2,3)18(20)17(22)16(13)21/h8,18-19,24H,1,9-14H2,2-7H3;7,11,13-14,17,22H,5-6,8-10,12H2,1-4H3;8,11,13,16-17,22H,5-7,9-10,12H2,1-4H3;8,11-13,15-16,18,21H,5-7,9-10H2,1-4H3. The van der Waals surface area contributed by atoms with E-state index < -0.39 is 22.9 Å². The molecule has 12 heteroatoms. The van der Waals surface area contributed by atoms with Gasteiger partial charge < -0.3 is 38.4 Å². The number of esters is 1. The first-order chi connectivity index (χ1) is 43.6. The fourth-order valence-corrected chi connectivity index (χ4v) is 23.2. The summed E-state index contributed by atoms with van der Waals surface area (Å²) in [7, 11) is 0. The van der Waals surface area contributed by atoms with E-state index in [-0.39, 0.29) is 102 Å². The molecule has 11 rings (SSSR count). The second-order valence-electron chi connectivity index (χ2n) is 36.0. The monoisotopic (exact) mass is 1300 g/mol. The molecule has 0 aliphatic heterocycles. The largest absolute Gasteiger partial charge is 0.472 e. The molecule has 8 aliphatic rings. The van der Waals surface area contributed by atoms with Crippen molar-refractivity contribution in [2.24, 2.45) is 90.7 Å². The Morgan fingerprint density at radius 1 is 0.649 bits per heavy atom. The van der Waals surface area contributed by atoms with Gasteiger partial charge in [0, 0.05) is 55.3 Å². The summed E-state index contributed by atoms with van der Waals surface area (Å²) in [6.45, 7) is 42.3. The summed E-state index contributed by atoms with van der Waals surface area (Å²) in [5.74, 6) is 1.42. The minimum atomic E-state index is -0.903. The second kappa shape index (κ2) is 28.1. The zero-order chi connectivity index (χ0) is 69.6. The molecular formula is C82H126O12. The van der Waals surface area contributed by atoms with Crippen LogP contribution in [0.1, 0.15) is 270 Å². The first kappa shape index (κ1) is 75.4. The van der Waals surface area contributed by atoms with Crippen LogP contribution in [0.25, 0.3) is 0 Å². The molecular weight excluding hydrogens is 1180 g/mol. The van der Waals surface area contributed by atoms with Crippen molar-refractivity contribution < 1.29 is 57.6 Å². The van der Waals surface area contributed by atoms with E-state index in [1.54, 1.807) is 43.7 Å². The summed E-state index contributed by atoms with van der Waals surface area (Å²) in [4.78, 5) is 50.3. The van der Waals surface area contributed by atoms with Gasteiger partial charge in [-0.1, -0.05) is 140 Å². The predicted molar refractivity (Wildman–Crippen MR) is 372 cm³/mol. The van der Waals surface area contributed by atoms with Crippen molar-refractivity contribution in [2.45, 2.75) is 301 Å². The SMILES string of the molecule is C=CC(C)(O)CCC1=C(C)CC(OC(C)=O)C2C(C)(C)CCCC12C.CC1(C)CCCC2(C)C1C(=O)CC(C)(O)C2CCc1ccoc1.CC1C(O)C(=O)C2C(C)(C)CCCC2(C)C1CCc1ccoc1.CC1CC(=O)C2C(C)(C)CCCC2(C)C1(O)CCc1ccoc1. The lowest BCUT2D eigenvalue weighted by atomic mass is 9.44. The van der Waals surface area contributed by atoms with Gasteiger partial charge in [-0.3, -0.25) is 19.2 Å². The second-order valence-corrected chi connectivity index (χ2v) is 36.0. The summed E-state index contributed by atoms with van der Waals surface area (Å²) < 4.78 is 21.3. The Kier molecular flexibility index (Phi) is 22.5. The van der Waals surface area contributed by atoms with E-state index in [1.165, 1.54) is 48.5 Å². The highest BCUT2D eigenvalue weighted by Crippen LogP contribution is 2.66. The molecule has 12 nitrogen and oxygen atoms in total. The number of carbonyl (C=O) groups excluding carboxylic acids is 4. The molecule has 7 fully saturated rings. The molecule has 0 amide bonds. The number of fused-ring (bicyclic) bond motifs is 4. The molecule has 17 unspecified atom stereocenters. The normalized spacial score (nSPS) is 38.4. The lowest BCUT2D eigenvalue weighted by molar-refractivity contribution is -0.208. The van der Waals surface area contributed by atoms with Gasteiger partial charge in [-0.2, -0.15) is 0 Å². The van der Waals surface area contributed by atoms with Crippen molar-refractivity contribution in [1.29, 1.82) is 0 Å². The zero-order valence-electron chi connectivity index (χ0n) is 61.6. The number of hydrogen-bond acceptors (Lipinski definition) is 12. The number of aliphatic hydroxyl groups excluding tert-OH is 1. The van der Waals surface area contributed by atoms with Gasteiger partial charge in [0.1, 0.15) is 23.8 Å². The molecule has 0 radical (unpaired) electrons. The molecule has 17 atom stereocenters. The molecule has 3 aromatic rings. The van der Waals surface area contributed by atoms with E-state index in [1.807, 2.05) is 32.0 Å². The lowest BCUT2D eigenvalue weighted by Crippen LogP contribution is -2.65. The Bertz CT molecular complexity index is 3090. The molecule has 0 aromatic carbocycles. The first-order valence-electron chi connectivity index (χ1n) is 36.5. The van der Waals surface area contributed by atoms with Gasteiger partial charge in [-0.15, -0.1) is 6.58 Å². The fraction of sp³-hybridized carbons (Fsp3) is 0.756. The van der Waals surface area contributed by atoms with Crippen LogP contribution in [0.3, 0.4) is 0 Å². The maximum atomic E-state index is 12.9. The number of furan rings is 3. The quantitative estimate of drug-likeness (QED) is 0.0881. The van der Waals surface area contributed by atoms with E-state index in [0.29, 0.717) is 43.3 Å². The average Bonchev–Trinajstić information content (AvgIpc) is 0.786.